The Bertz CT molecular complexity index is 921. The van der Waals surface area contributed by atoms with Crippen molar-refractivity contribution in [2.75, 3.05) is 71.3 Å². The Morgan fingerprint density at radius 2 is 1.46 bits per heavy atom. The van der Waals surface area contributed by atoms with Crippen LogP contribution in [0.2, 0.25) is 0 Å². The molecule has 0 bridgehead atoms. The summed E-state index contributed by atoms with van der Waals surface area (Å²) in [5.74, 6) is -2.13. The number of carbonyl (C=O) groups is 4. The molecular weight excluding hydrogens is 531 g/mol. The summed E-state index contributed by atoms with van der Waals surface area (Å²) in [6, 6.07) is 3.92. The minimum absolute atomic E-state index is 0. The molecular formula is C23H34Cl2N4O8. The number of ether oxygens (including phenoxy) is 4. The van der Waals surface area contributed by atoms with Gasteiger partial charge in [-0.05, 0) is 18.6 Å². The Morgan fingerprint density at radius 1 is 0.865 bits per heavy atom. The molecule has 0 aromatic heterocycles. The highest BCUT2D eigenvalue weighted by Gasteiger charge is 2.45. The van der Waals surface area contributed by atoms with Crippen molar-refractivity contribution in [1.82, 2.24) is 10.2 Å². The van der Waals surface area contributed by atoms with E-state index >= 15 is 0 Å². The van der Waals surface area contributed by atoms with Crippen LogP contribution in [0.15, 0.2) is 18.2 Å². The number of nitrogens with zero attached hydrogens (tertiary/aromatic N) is 1. The molecule has 2 heterocycles. The molecule has 0 saturated carbocycles. The number of piperidine rings is 1. The minimum atomic E-state index is -0.994. The highest BCUT2D eigenvalue weighted by atomic mass is 35.5. The number of hydrogen-bond donors (Lipinski definition) is 3. The molecule has 4 amide bonds. The van der Waals surface area contributed by atoms with Gasteiger partial charge in [0.25, 0.3) is 11.8 Å². The third kappa shape index (κ3) is 9.18. The first-order valence-corrected chi connectivity index (χ1v) is 11.6. The van der Waals surface area contributed by atoms with E-state index in [1.54, 1.807) is 18.2 Å². The SMILES string of the molecule is Cl.Cl.NCCOCCOCCOCCOCCNc1cccc2c1C(=O)N(C1CCC(=O)NC1=O)C2=O. The average molecular weight is 565 g/mol. The standard InChI is InChI=1S/C23H32N4O8.2ClH/c24-6-8-32-10-12-34-14-15-35-13-11-33-9-7-25-17-3-1-2-16-20(17)23(31)27(22(16)30)18-4-5-19(28)26-21(18)29;;/h1-3,18,25H,4-15,24H2,(H,26,28,29);2*1H. The average Bonchev–Trinajstić information content (AvgIpc) is 3.10. The van der Waals surface area contributed by atoms with Gasteiger partial charge >= 0.3 is 0 Å². The van der Waals surface area contributed by atoms with Gasteiger partial charge in [0.2, 0.25) is 11.8 Å². The third-order valence-electron chi connectivity index (χ3n) is 5.41. The Hall–Kier alpha value is -2.32. The first kappa shape index (κ1) is 32.7. The largest absolute Gasteiger partial charge is 0.382 e. The molecule has 4 N–H and O–H groups in total. The van der Waals surface area contributed by atoms with Crippen LogP contribution < -0.4 is 16.4 Å². The summed E-state index contributed by atoms with van der Waals surface area (Å²) in [6.07, 6.45) is 0.192. The molecule has 1 unspecified atom stereocenters. The second-order valence-corrected chi connectivity index (χ2v) is 7.84. The van der Waals surface area contributed by atoms with Gasteiger partial charge in [-0.15, -0.1) is 24.8 Å². The Kier molecular flexibility index (Phi) is 15.2. The van der Waals surface area contributed by atoms with Gasteiger partial charge in [-0.3, -0.25) is 29.4 Å². The van der Waals surface area contributed by atoms with Crippen LogP contribution in [-0.2, 0) is 28.5 Å². The Labute approximate surface area is 227 Å². The van der Waals surface area contributed by atoms with Crippen molar-refractivity contribution < 1.29 is 38.1 Å². The van der Waals surface area contributed by atoms with Gasteiger partial charge in [0.05, 0.1) is 64.0 Å². The van der Waals surface area contributed by atoms with Gasteiger partial charge in [-0.25, -0.2) is 0 Å². The zero-order valence-electron chi connectivity index (χ0n) is 20.4. The summed E-state index contributed by atoms with van der Waals surface area (Å²) >= 11 is 0. The lowest BCUT2D eigenvalue weighted by Crippen LogP contribution is -2.54. The first-order chi connectivity index (χ1) is 17.0. The normalized spacial score (nSPS) is 16.7. The number of rotatable bonds is 16. The van der Waals surface area contributed by atoms with Gasteiger partial charge in [-0.2, -0.15) is 0 Å². The zero-order chi connectivity index (χ0) is 25.0. The van der Waals surface area contributed by atoms with Crippen LogP contribution in [-0.4, -0.2) is 101 Å². The van der Waals surface area contributed by atoms with E-state index in [9.17, 15) is 19.2 Å². The summed E-state index contributed by atoms with van der Waals surface area (Å²) in [5, 5.41) is 5.31. The molecule has 0 radical (unpaired) electrons. The lowest BCUT2D eigenvalue weighted by molar-refractivity contribution is -0.136. The molecule has 2 aliphatic rings. The predicted molar refractivity (Wildman–Crippen MR) is 138 cm³/mol. The molecule has 3 rings (SSSR count). The number of nitrogens with two attached hydrogens (primary N) is 1. The summed E-state index contributed by atoms with van der Waals surface area (Å²) < 4.78 is 21.5. The van der Waals surface area contributed by atoms with E-state index in [1.165, 1.54) is 0 Å². The minimum Gasteiger partial charge on any atom is -0.382 e. The van der Waals surface area contributed by atoms with Crippen LogP contribution in [0.3, 0.4) is 0 Å². The lowest BCUT2D eigenvalue weighted by atomic mass is 10.0. The molecule has 2 aliphatic heterocycles. The van der Waals surface area contributed by atoms with E-state index in [4.69, 9.17) is 24.7 Å². The first-order valence-electron chi connectivity index (χ1n) is 11.6. The van der Waals surface area contributed by atoms with Crippen LogP contribution in [0.5, 0.6) is 0 Å². The number of fused-ring (bicyclic) bond motifs is 1. The van der Waals surface area contributed by atoms with Crippen molar-refractivity contribution in [2.45, 2.75) is 18.9 Å². The van der Waals surface area contributed by atoms with Gasteiger partial charge in [0.15, 0.2) is 0 Å². The lowest BCUT2D eigenvalue weighted by Gasteiger charge is -2.27. The Balaban J connectivity index is 0.00000342. The van der Waals surface area contributed by atoms with Crippen LogP contribution in [0.4, 0.5) is 5.69 Å². The quantitative estimate of drug-likeness (QED) is 0.189. The molecule has 208 valence electrons. The summed E-state index contributed by atoms with van der Waals surface area (Å²) in [6.45, 7) is 4.52. The van der Waals surface area contributed by atoms with Crippen molar-refractivity contribution >= 4 is 54.1 Å². The number of imide groups is 2. The van der Waals surface area contributed by atoms with Crippen molar-refractivity contribution in [1.29, 1.82) is 0 Å². The van der Waals surface area contributed by atoms with Gasteiger partial charge in [0, 0.05) is 25.2 Å². The smallest absolute Gasteiger partial charge is 0.264 e. The molecule has 0 aliphatic carbocycles. The zero-order valence-corrected chi connectivity index (χ0v) is 22.0. The molecule has 1 atom stereocenters. The number of anilines is 1. The number of amides is 4. The molecule has 14 heteroatoms. The second kappa shape index (κ2) is 17.2. The number of carbonyl (C=O) groups excluding carboxylic acids is 4. The highest BCUT2D eigenvalue weighted by molar-refractivity contribution is 6.25. The van der Waals surface area contributed by atoms with Gasteiger partial charge < -0.3 is 30.0 Å². The fraction of sp³-hybridized carbons (Fsp3) is 0.565. The topological polar surface area (TPSA) is 159 Å². The molecule has 0 spiro atoms. The van der Waals surface area contributed by atoms with Crippen LogP contribution in [0, 0.1) is 0 Å². The second-order valence-electron chi connectivity index (χ2n) is 7.84. The summed E-state index contributed by atoms with van der Waals surface area (Å²) in [5.41, 5.74) is 6.26. The van der Waals surface area contributed by atoms with E-state index in [0.717, 1.165) is 4.90 Å². The number of halogens is 2. The van der Waals surface area contributed by atoms with E-state index < -0.39 is 29.7 Å². The van der Waals surface area contributed by atoms with Crippen molar-refractivity contribution in [3.05, 3.63) is 29.3 Å². The summed E-state index contributed by atoms with van der Waals surface area (Å²) in [7, 11) is 0. The van der Waals surface area contributed by atoms with E-state index in [1.807, 2.05) is 0 Å². The fourth-order valence-electron chi connectivity index (χ4n) is 3.77. The van der Waals surface area contributed by atoms with E-state index in [-0.39, 0.29) is 48.8 Å². The van der Waals surface area contributed by atoms with Gasteiger partial charge in [0.1, 0.15) is 6.04 Å². The predicted octanol–water partition coefficient (Wildman–Crippen LogP) is 0.368. The van der Waals surface area contributed by atoms with E-state index in [2.05, 4.69) is 10.6 Å². The van der Waals surface area contributed by atoms with Crippen molar-refractivity contribution in [3.63, 3.8) is 0 Å². The molecule has 1 fully saturated rings. The van der Waals surface area contributed by atoms with E-state index in [0.29, 0.717) is 71.6 Å². The maximum atomic E-state index is 13.0. The molecule has 1 aromatic rings. The third-order valence-corrected chi connectivity index (χ3v) is 5.41. The molecule has 1 saturated heterocycles. The van der Waals surface area contributed by atoms with Crippen LogP contribution in [0.1, 0.15) is 33.6 Å². The molecule has 1 aromatic carbocycles. The van der Waals surface area contributed by atoms with Crippen molar-refractivity contribution in [3.8, 4) is 0 Å². The maximum absolute atomic E-state index is 13.0. The number of benzene rings is 1. The highest BCUT2D eigenvalue weighted by Crippen LogP contribution is 2.32. The number of hydrogen-bond acceptors (Lipinski definition) is 10. The van der Waals surface area contributed by atoms with Crippen molar-refractivity contribution in [2.24, 2.45) is 5.73 Å². The van der Waals surface area contributed by atoms with Crippen LogP contribution >= 0.6 is 24.8 Å². The molecule has 12 nitrogen and oxygen atoms in total. The molecule has 37 heavy (non-hydrogen) atoms. The Morgan fingerprint density at radius 3 is 2.05 bits per heavy atom. The van der Waals surface area contributed by atoms with Gasteiger partial charge in [-0.1, -0.05) is 6.07 Å². The summed E-state index contributed by atoms with van der Waals surface area (Å²) in [4.78, 5) is 50.4. The monoisotopic (exact) mass is 564 g/mol. The van der Waals surface area contributed by atoms with Crippen LogP contribution in [0.25, 0.3) is 0 Å². The maximum Gasteiger partial charge on any atom is 0.264 e. The fourth-order valence-corrected chi connectivity index (χ4v) is 3.77. The number of nitrogens with one attached hydrogen (secondary N) is 2.